The Hall–Kier alpha value is -2.39. The normalized spacial score (nSPS) is 26.8. The Morgan fingerprint density at radius 2 is 1.86 bits per heavy atom. The number of aryl methyl sites for hydroxylation is 1. The molecular formula is C26H33F3N4O2. The first-order valence-corrected chi connectivity index (χ1v) is 12.3. The van der Waals surface area contributed by atoms with Crippen LogP contribution in [0.5, 0.6) is 5.75 Å². The summed E-state index contributed by atoms with van der Waals surface area (Å²) in [5, 5.41) is 11.1. The maximum absolute atomic E-state index is 14.0. The van der Waals surface area contributed by atoms with E-state index in [2.05, 4.69) is 15.5 Å². The summed E-state index contributed by atoms with van der Waals surface area (Å²) in [6, 6.07) is 6.03. The number of likely N-dealkylation sites (tertiary alicyclic amines) is 1. The van der Waals surface area contributed by atoms with E-state index in [0.29, 0.717) is 63.3 Å². The average molecular weight is 493 g/mol. The Morgan fingerprint density at radius 1 is 1.14 bits per heavy atom. The van der Waals surface area contributed by atoms with Gasteiger partial charge in [-0.1, -0.05) is 0 Å². The zero-order valence-corrected chi connectivity index (χ0v) is 20.1. The first-order valence-electron chi connectivity index (χ1n) is 13.3. The van der Waals surface area contributed by atoms with Crippen molar-refractivity contribution < 1.29 is 25.4 Å². The number of aromatic nitrogens is 2. The van der Waals surface area contributed by atoms with Gasteiger partial charge in [0, 0.05) is 47.1 Å². The van der Waals surface area contributed by atoms with Crippen LogP contribution < -0.4 is 10.1 Å². The summed E-state index contributed by atoms with van der Waals surface area (Å²) in [5.41, 5.74) is 0.644. The molecule has 1 aromatic heterocycles. The first-order chi connectivity index (χ1) is 17.6. The van der Waals surface area contributed by atoms with Crippen LogP contribution in [0.2, 0.25) is 0 Å². The molecule has 2 saturated heterocycles. The van der Waals surface area contributed by atoms with E-state index in [-0.39, 0.29) is 35.3 Å². The highest BCUT2D eigenvalue weighted by Crippen LogP contribution is 2.42. The van der Waals surface area contributed by atoms with Crippen LogP contribution in [0.3, 0.4) is 0 Å². The predicted molar refractivity (Wildman–Crippen MR) is 127 cm³/mol. The number of nitrogens with one attached hydrogen (secondary N) is 1. The van der Waals surface area contributed by atoms with E-state index in [4.69, 9.17) is 12.2 Å². The molecule has 3 aliphatic rings. The Morgan fingerprint density at radius 3 is 2.49 bits per heavy atom. The maximum atomic E-state index is 14.0. The minimum absolute atomic E-state index is 0.0496. The molecule has 3 fully saturated rings. The van der Waals surface area contributed by atoms with Gasteiger partial charge in [-0.25, -0.2) is 0 Å². The van der Waals surface area contributed by atoms with Gasteiger partial charge >= 0.3 is 6.18 Å². The van der Waals surface area contributed by atoms with Crippen molar-refractivity contribution in [2.45, 2.75) is 44.8 Å². The topological polar surface area (TPSA) is 59.5 Å². The summed E-state index contributed by atoms with van der Waals surface area (Å²) in [5.74, 6) is 0.815. The van der Waals surface area contributed by atoms with E-state index in [0.717, 1.165) is 11.6 Å². The number of nitrogens with zero attached hydrogens (tertiary/aromatic N) is 3. The molecule has 1 N–H and O–H groups in total. The number of anilines is 1. The van der Waals surface area contributed by atoms with E-state index in [1.165, 1.54) is 7.11 Å². The van der Waals surface area contributed by atoms with Gasteiger partial charge in [0.1, 0.15) is 11.3 Å². The van der Waals surface area contributed by atoms with Gasteiger partial charge in [-0.3, -0.25) is 0 Å². The minimum Gasteiger partial charge on any atom is -0.497 e. The monoisotopic (exact) mass is 492 g/mol. The fourth-order valence-electron chi connectivity index (χ4n) is 5.70. The van der Waals surface area contributed by atoms with Gasteiger partial charge in [-0.05, 0) is 80.2 Å². The quantitative estimate of drug-likeness (QED) is 0.611. The number of benzene rings is 1. The number of ether oxygens (including phenoxy) is 2. The Bertz CT molecular complexity index is 1110. The lowest BCUT2D eigenvalue weighted by atomic mass is 10.00. The number of methoxy groups -OCH3 is 1. The summed E-state index contributed by atoms with van der Waals surface area (Å²) < 4.78 is 70.2. The van der Waals surface area contributed by atoms with Gasteiger partial charge in [0.2, 0.25) is 0 Å². The molecule has 0 radical (unpaired) electrons. The molecule has 0 spiro atoms. The molecule has 1 aromatic carbocycles. The highest BCUT2D eigenvalue weighted by molar-refractivity contribution is 5.66. The molecule has 9 heteroatoms. The molecule has 2 unspecified atom stereocenters. The second-order valence-corrected chi connectivity index (χ2v) is 9.92. The van der Waals surface area contributed by atoms with Crippen LogP contribution in [-0.4, -0.2) is 61.0 Å². The molecule has 2 atom stereocenters. The molecule has 190 valence electrons. The second-order valence-electron chi connectivity index (χ2n) is 9.92. The summed E-state index contributed by atoms with van der Waals surface area (Å²) in [6.07, 6.45) is -1.78. The lowest BCUT2D eigenvalue weighted by Crippen LogP contribution is -2.32. The van der Waals surface area contributed by atoms with E-state index in [1.54, 1.807) is 25.1 Å². The van der Waals surface area contributed by atoms with Crippen molar-refractivity contribution in [3.8, 4) is 17.0 Å². The van der Waals surface area contributed by atoms with Gasteiger partial charge in [0.25, 0.3) is 0 Å². The maximum Gasteiger partial charge on any atom is 0.420 e. The van der Waals surface area contributed by atoms with Crippen LogP contribution in [0.15, 0.2) is 24.3 Å². The zero-order chi connectivity index (χ0) is 26.4. The van der Waals surface area contributed by atoms with Crippen LogP contribution in [0.25, 0.3) is 11.3 Å². The average Bonchev–Trinajstić information content (AvgIpc) is 3.43. The smallest absolute Gasteiger partial charge is 0.420 e. The summed E-state index contributed by atoms with van der Waals surface area (Å²) in [4.78, 5) is 1.95. The van der Waals surface area contributed by atoms with E-state index in [1.807, 2.05) is 4.90 Å². The van der Waals surface area contributed by atoms with Crippen molar-refractivity contribution in [1.82, 2.24) is 15.1 Å². The summed E-state index contributed by atoms with van der Waals surface area (Å²) in [6.45, 7) is 2.85. The molecule has 2 aliphatic heterocycles. The SMILES string of the molecule is [2H]C([2H])(C1CCOCC1)N1CC2CC(Nc3nnc(-c4ccc(OC)cc4C)cc3C(F)(F)F)CC2C1. The van der Waals surface area contributed by atoms with E-state index >= 15 is 0 Å². The summed E-state index contributed by atoms with van der Waals surface area (Å²) >= 11 is 0. The lowest BCUT2D eigenvalue weighted by molar-refractivity contribution is -0.137. The standard InChI is InChI=1S/C26H33F3N4O2/c1-16-9-21(34-2)3-4-22(16)24-12-23(26(27,28)29)25(32-31-24)30-20-10-18-14-33(15-19(18)11-20)13-17-5-7-35-8-6-17/h3-4,9,12,17-20H,5-8,10-11,13-15H2,1-2H3,(H,30,32)/i13D2. The Balaban J connectivity index is 1.28. The molecule has 0 amide bonds. The zero-order valence-electron chi connectivity index (χ0n) is 22.1. The largest absolute Gasteiger partial charge is 0.497 e. The highest BCUT2D eigenvalue weighted by Gasteiger charge is 2.43. The van der Waals surface area contributed by atoms with Crippen molar-refractivity contribution in [2.75, 3.05) is 45.2 Å². The van der Waals surface area contributed by atoms with Crippen LogP contribution >= 0.6 is 0 Å². The van der Waals surface area contributed by atoms with Crippen molar-refractivity contribution in [3.63, 3.8) is 0 Å². The summed E-state index contributed by atoms with van der Waals surface area (Å²) in [7, 11) is 1.54. The second kappa shape index (κ2) is 9.93. The third-order valence-electron chi connectivity index (χ3n) is 7.49. The number of fused-ring (bicyclic) bond motifs is 1. The van der Waals surface area contributed by atoms with Crippen LogP contribution in [0.1, 0.15) is 39.6 Å². The van der Waals surface area contributed by atoms with Gasteiger partial charge in [0.15, 0.2) is 5.82 Å². The number of alkyl halides is 3. The van der Waals surface area contributed by atoms with Gasteiger partial charge in [-0.15, -0.1) is 10.2 Å². The van der Waals surface area contributed by atoms with Crippen LogP contribution in [-0.2, 0) is 10.9 Å². The van der Waals surface area contributed by atoms with Crippen molar-refractivity contribution in [2.24, 2.45) is 17.8 Å². The molecule has 5 rings (SSSR count). The van der Waals surface area contributed by atoms with Crippen LogP contribution in [0.4, 0.5) is 19.0 Å². The number of hydrogen-bond donors (Lipinski definition) is 1. The first kappa shape index (κ1) is 21.9. The third-order valence-corrected chi connectivity index (χ3v) is 7.49. The van der Waals surface area contributed by atoms with Crippen molar-refractivity contribution in [3.05, 3.63) is 35.4 Å². The van der Waals surface area contributed by atoms with Crippen molar-refractivity contribution in [1.29, 1.82) is 0 Å². The predicted octanol–water partition coefficient (Wildman–Crippen LogP) is 5.03. The molecule has 3 heterocycles. The number of halogens is 3. The fourth-order valence-corrected chi connectivity index (χ4v) is 5.70. The number of rotatable bonds is 6. The van der Waals surface area contributed by atoms with Gasteiger partial charge in [0.05, 0.1) is 12.8 Å². The minimum atomic E-state index is -4.58. The van der Waals surface area contributed by atoms with Gasteiger partial charge < -0.3 is 19.7 Å². The molecule has 1 aliphatic carbocycles. The van der Waals surface area contributed by atoms with E-state index < -0.39 is 18.2 Å². The molecule has 1 saturated carbocycles. The molecular weight excluding hydrogens is 457 g/mol. The third kappa shape index (κ3) is 5.40. The fraction of sp³-hybridized carbons (Fsp3) is 0.615. The number of hydrogen-bond acceptors (Lipinski definition) is 6. The molecule has 0 bridgehead atoms. The lowest BCUT2D eigenvalue weighted by Gasteiger charge is -2.28. The Labute approximate surface area is 207 Å². The molecule has 6 nitrogen and oxygen atoms in total. The van der Waals surface area contributed by atoms with Gasteiger partial charge in [-0.2, -0.15) is 13.2 Å². The Kier molecular flexibility index (Phi) is 6.20. The molecule has 2 aromatic rings. The van der Waals surface area contributed by atoms with Crippen LogP contribution in [0, 0.1) is 24.7 Å². The highest BCUT2D eigenvalue weighted by atomic mass is 19.4. The molecule has 35 heavy (non-hydrogen) atoms. The van der Waals surface area contributed by atoms with E-state index in [9.17, 15) is 13.2 Å². The van der Waals surface area contributed by atoms with Crippen molar-refractivity contribution >= 4 is 5.82 Å².